The second-order valence-corrected chi connectivity index (χ2v) is 5.29. The van der Waals surface area contributed by atoms with E-state index in [0.29, 0.717) is 0 Å². The molecule has 2 rings (SSSR count). The Labute approximate surface area is 114 Å². The molecule has 2 N–H and O–H groups in total. The molecule has 0 aliphatic heterocycles. The molecular weight excluding hydrogens is 237 g/mol. The van der Waals surface area contributed by atoms with Crippen LogP contribution in [0.3, 0.4) is 0 Å². The van der Waals surface area contributed by atoms with Gasteiger partial charge in [-0.2, -0.15) is 0 Å². The van der Waals surface area contributed by atoms with Crippen molar-refractivity contribution in [3.05, 3.63) is 69.5 Å². The Kier molecular flexibility index (Phi) is 3.72. The number of hydrogen-bond acceptors (Lipinski definition) is 1. The zero-order chi connectivity index (χ0) is 14.2. The van der Waals surface area contributed by atoms with E-state index in [1.165, 1.54) is 11.6 Å². The average Bonchev–Trinajstić information content (AvgIpc) is 2.30. The molecule has 0 saturated heterocycles. The largest absolute Gasteiger partial charge is 0.320 e. The summed E-state index contributed by atoms with van der Waals surface area (Å²) in [5.41, 5.74) is 12.9. The highest BCUT2D eigenvalue weighted by atomic mass is 19.1. The third-order valence-corrected chi connectivity index (χ3v) is 3.63. The van der Waals surface area contributed by atoms with E-state index in [1.807, 2.05) is 6.92 Å². The van der Waals surface area contributed by atoms with Crippen LogP contribution in [0.1, 0.15) is 39.4 Å². The molecular formula is C17H20FN. The van der Waals surface area contributed by atoms with Crippen LogP contribution in [0, 0.1) is 33.5 Å². The maximum atomic E-state index is 13.4. The second-order valence-electron chi connectivity index (χ2n) is 5.29. The standard InChI is InChI=1S/C17H20FN/c1-10-7-12(3)16(13(4)8-10)17(19)15-9-14(18)6-5-11(15)2/h5-9,17H,19H2,1-4H3. The van der Waals surface area contributed by atoms with Gasteiger partial charge in [0, 0.05) is 0 Å². The topological polar surface area (TPSA) is 26.0 Å². The number of aryl methyl sites for hydroxylation is 4. The summed E-state index contributed by atoms with van der Waals surface area (Å²) in [6.07, 6.45) is 0. The minimum Gasteiger partial charge on any atom is -0.320 e. The highest BCUT2D eigenvalue weighted by Gasteiger charge is 2.16. The lowest BCUT2D eigenvalue weighted by Gasteiger charge is -2.20. The van der Waals surface area contributed by atoms with Gasteiger partial charge in [0.2, 0.25) is 0 Å². The van der Waals surface area contributed by atoms with Crippen molar-refractivity contribution in [3.63, 3.8) is 0 Å². The van der Waals surface area contributed by atoms with E-state index in [0.717, 1.165) is 27.8 Å². The molecule has 0 aliphatic carbocycles. The van der Waals surface area contributed by atoms with E-state index in [9.17, 15) is 4.39 Å². The Morgan fingerprint density at radius 2 is 1.47 bits per heavy atom. The highest BCUT2D eigenvalue weighted by Crippen LogP contribution is 2.29. The van der Waals surface area contributed by atoms with Gasteiger partial charge in [-0.25, -0.2) is 4.39 Å². The van der Waals surface area contributed by atoms with Crippen LogP contribution in [0.25, 0.3) is 0 Å². The SMILES string of the molecule is Cc1cc(C)c(C(N)c2cc(F)ccc2C)c(C)c1. The number of hydrogen-bond donors (Lipinski definition) is 1. The molecule has 0 amide bonds. The molecule has 0 heterocycles. The summed E-state index contributed by atoms with van der Waals surface area (Å²) in [5.74, 6) is -0.238. The van der Waals surface area contributed by atoms with Crippen LogP contribution in [-0.2, 0) is 0 Å². The molecule has 0 radical (unpaired) electrons. The molecule has 0 saturated carbocycles. The molecule has 0 spiro atoms. The number of nitrogens with two attached hydrogens (primary N) is 1. The molecule has 2 aromatic rings. The monoisotopic (exact) mass is 257 g/mol. The van der Waals surface area contributed by atoms with Gasteiger partial charge in [-0.05, 0) is 67.6 Å². The first-order valence-corrected chi connectivity index (χ1v) is 6.49. The van der Waals surface area contributed by atoms with Crippen molar-refractivity contribution < 1.29 is 4.39 Å². The third-order valence-electron chi connectivity index (χ3n) is 3.63. The average molecular weight is 257 g/mol. The Bertz CT molecular complexity index is 594. The zero-order valence-electron chi connectivity index (χ0n) is 11.9. The Morgan fingerprint density at radius 3 is 2.05 bits per heavy atom. The molecule has 1 unspecified atom stereocenters. The summed E-state index contributed by atoms with van der Waals surface area (Å²) >= 11 is 0. The van der Waals surface area contributed by atoms with Crippen molar-refractivity contribution in [2.45, 2.75) is 33.7 Å². The normalized spacial score (nSPS) is 12.5. The first-order chi connectivity index (χ1) is 8.90. The number of rotatable bonds is 2. The predicted octanol–water partition coefficient (Wildman–Crippen LogP) is 4.11. The Balaban J connectivity index is 2.56. The fourth-order valence-corrected chi connectivity index (χ4v) is 2.78. The summed E-state index contributed by atoms with van der Waals surface area (Å²) in [6.45, 7) is 8.16. The van der Waals surface area contributed by atoms with Crippen LogP contribution >= 0.6 is 0 Å². The van der Waals surface area contributed by atoms with E-state index >= 15 is 0 Å². The van der Waals surface area contributed by atoms with Crippen molar-refractivity contribution >= 4 is 0 Å². The van der Waals surface area contributed by atoms with Crippen LogP contribution in [0.2, 0.25) is 0 Å². The molecule has 2 aromatic carbocycles. The number of halogens is 1. The van der Waals surface area contributed by atoms with Crippen LogP contribution in [-0.4, -0.2) is 0 Å². The van der Waals surface area contributed by atoms with Crippen LogP contribution < -0.4 is 5.73 Å². The van der Waals surface area contributed by atoms with Crippen molar-refractivity contribution in [2.75, 3.05) is 0 Å². The minimum absolute atomic E-state index is 0.238. The van der Waals surface area contributed by atoms with Gasteiger partial charge < -0.3 is 5.73 Å². The Hall–Kier alpha value is -1.67. The summed E-state index contributed by atoms with van der Waals surface area (Å²) in [6, 6.07) is 8.76. The van der Waals surface area contributed by atoms with E-state index < -0.39 is 0 Å². The summed E-state index contributed by atoms with van der Waals surface area (Å²) in [5, 5.41) is 0. The highest BCUT2D eigenvalue weighted by molar-refractivity contribution is 5.45. The van der Waals surface area contributed by atoms with Gasteiger partial charge in [0.1, 0.15) is 5.82 Å². The van der Waals surface area contributed by atoms with E-state index in [2.05, 4.69) is 32.9 Å². The van der Waals surface area contributed by atoms with Gasteiger partial charge >= 0.3 is 0 Å². The lowest BCUT2D eigenvalue weighted by molar-refractivity contribution is 0.622. The molecule has 0 aromatic heterocycles. The van der Waals surface area contributed by atoms with E-state index in [4.69, 9.17) is 5.73 Å². The van der Waals surface area contributed by atoms with E-state index in [-0.39, 0.29) is 11.9 Å². The predicted molar refractivity (Wildman–Crippen MR) is 77.8 cm³/mol. The lowest BCUT2D eigenvalue weighted by Crippen LogP contribution is -2.16. The lowest BCUT2D eigenvalue weighted by atomic mass is 9.89. The van der Waals surface area contributed by atoms with Crippen LogP contribution in [0.4, 0.5) is 4.39 Å². The van der Waals surface area contributed by atoms with Crippen LogP contribution in [0.5, 0.6) is 0 Å². The van der Waals surface area contributed by atoms with E-state index in [1.54, 1.807) is 12.1 Å². The van der Waals surface area contributed by atoms with Gasteiger partial charge in [0.15, 0.2) is 0 Å². The van der Waals surface area contributed by atoms with Gasteiger partial charge in [-0.3, -0.25) is 0 Å². The molecule has 0 aliphatic rings. The third kappa shape index (κ3) is 2.69. The van der Waals surface area contributed by atoms with Gasteiger partial charge in [-0.1, -0.05) is 23.8 Å². The first-order valence-electron chi connectivity index (χ1n) is 6.49. The molecule has 100 valence electrons. The number of benzene rings is 2. The van der Waals surface area contributed by atoms with Gasteiger partial charge in [-0.15, -0.1) is 0 Å². The second kappa shape index (κ2) is 5.14. The first kappa shape index (κ1) is 13.8. The molecule has 2 heteroatoms. The van der Waals surface area contributed by atoms with Crippen LogP contribution in [0.15, 0.2) is 30.3 Å². The van der Waals surface area contributed by atoms with Gasteiger partial charge in [0.25, 0.3) is 0 Å². The Morgan fingerprint density at radius 1 is 0.895 bits per heavy atom. The molecule has 19 heavy (non-hydrogen) atoms. The molecule has 0 bridgehead atoms. The van der Waals surface area contributed by atoms with Crippen molar-refractivity contribution in [1.29, 1.82) is 0 Å². The zero-order valence-corrected chi connectivity index (χ0v) is 11.9. The van der Waals surface area contributed by atoms with Crippen molar-refractivity contribution in [3.8, 4) is 0 Å². The minimum atomic E-state index is -0.281. The summed E-state index contributed by atoms with van der Waals surface area (Å²) in [4.78, 5) is 0. The molecule has 0 fully saturated rings. The van der Waals surface area contributed by atoms with Crippen molar-refractivity contribution in [2.24, 2.45) is 5.73 Å². The van der Waals surface area contributed by atoms with Crippen molar-refractivity contribution in [1.82, 2.24) is 0 Å². The maximum Gasteiger partial charge on any atom is 0.123 e. The quantitative estimate of drug-likeness (QED) is 0.861. The fourth-order valence-electron chi connectivity index (χ4n) is 2.78. The summed E-state index contributed by atoms with van der Waals surface area (Å²) < 4.78 is 13.4. The smallest absolute Gasteiger partial charge is 0.123 e. The maximum absolute atomic E-state index is 13.4. The van der Waals surface area contributed by atoms with Gasteiger partial charge in [0.05, 0.1) is 6.04 Å². The molecule has 1 nitrogen and oxygen atoms in total. The fraction of sp³-hybridized carbons (Fsp3) is 0.294. The summed E-state index contributed by atoms with van der Waals surface area (Å²) in [7, 11) is 0. The molecule has 1 atom stereocenters.